The van der Waals surface area contributed by atoms with E-state index < -0.39 is 0 Å². The Hall–Kier alpha value is -2.45. The van der Waals surface area contributed by atoms with Crippen molar-refractivity contribution >= 4 is 23.4 Å². The second kappa shape index (κ2) is 7.05. The van der Waals surface area contributed by atoms with Gasteiger partial charge in [0.2, 0.25) is 5.16 Å². The lowest BCUT2D eigenvalue weighted by molar-refractivity contribution is 0.171. The molecule has 0 bridgehead atoms. The molecule has 26 heavy (non-hydrogen) atoms. The molecule has 2 aromatic carbocycles. The summed E-state index contributed by atoms with van der Waals surface area (Å²) in [6, 6.07) is 9.77. The molecular weight excluding hydrogens is 379 g/mol. The molecule has 0 amide bonds. The summed E-state index contributed by atoms with van der Waals surface area (Å²) in [5.41, 5.74) is 1.51. The Morgan fingerprint density at radius 2 is 2.04 bits per heavy atom. The van der Waals surface area contributed by atoms with Crippen LogP contribution < -0.4 is 15.3 Å². The zero-order valence-electron chi connectivity index (χ0n) is 13.5. The molecule has 2 N–H and O–H groups in total. The summed E-state index contributed by atoms with van der Waals surface area (Å²) in [5.74, 6) is 7.88. The number of thioether (sulfide) groups is 1. The van der Waals surface area contributed by atoms with Gasteiger partial charge in [-0.1, -0.05) is 35.5 Å². The molecule has 0 unspecified atom stereocenters. The number of rotatable bonds is 4. The number of nitrogens with two attached hydrogens (primary N) is 1. The van der Waals surface area contributed by atoms with Crippen molar-refractivity contribution in [3.05, 3.63) is 52.8 Å². The topological polar surface area (TPSA) is 75.2 Å². The standard InChI is InChI=1S/C17H14ClFN4O2S/c18-13-6-10(7-14-15(13)25-5-4-24-14)9-26-17-22-21-16(23(17)20)11-2-1-3-12(19)8-11/h1-3,6-8H,4-5,9,20H2. The van der Waals surface area contributed by atoms with Gasteiger partial charge in [0.15, 0.2) is 17.3 Å². The van der Waals surface area contributed by atoms with Crippen molar-refractivity contribution in [1.82, 2.24) is 14.9 Å². The van der Waals surface area contributed by atoms with E-state index in [1.807, 2.05) is 12.1 Å². The Morgan fingerprint density at radius 1 is 1.19 bits per heavy atom. The molecule has 6 nitrogen and oxygen atoms in total. The van der Waals surface area contributed by atoms with Gasteiger partial charge in [-0.2, -0.15) is 0 Å². The lowest BCUT2D eigenvalue weighted by atomic mass is 10.2. The molecule has 4 rings (SSSR count). The summed E-state index contributed by atoms with van der Waals surface area (Å²) in [6.45, 7) is 0.980. The molecule has 0 radical (unpaired) electrons. The van der Waals surface area contributed by atoms with Crippen LogP contribution in [0.1, 0.15) is 5.56 Å². The first kappa shape index (κ1) is 17.0. The SMILES string of the molecule is Nn1c(SCc2cc(Cl)c3c(c2)OCCO3)nnc1-c1cccc(F)c1. The highest BCUT2D eigenvalue weighted by Gasteiger charge is 2.18. The molecule has 0 spiro atoms. The van der Waals surface area contributed by atoms with E-state index in [1.165, 1.54) is 28.6 Å². The first-order valence-electron chi connectivity index (χ1n) is 7.79. The minimum Gasteiger partial charge on any atom is -0.486 e. The van der Waals surface area contributed by atoms with Crippen LogP contribution in [0, 0.1) is 5.82 Å². The van der Waals surface area contributed by atoms with E-state index in [-0.39, 0.29) is 5.82 Å². The predicted octanol–water partition coefficient (Wildman–Crippen LogP) is 3.51. The van der Waals surface area contributed by atoms with E-state index in [2.05, 4.69) is 10.2 Å². The van der Waals surface area contributed by atoms with Crippen LogP contribution in [0.15, 0.2) is 41.6 Å². The molecule has 0 aliphatic carbocycles. The minimum absolute atomic E-state index is 0.356. The van der Waals surface area contributed by atoms with E-state index in [1.54, 1.807) is 12.1 Å². The number of hydrogen-bond donors (Lipinski definition) is 1. The molecule has 0 saturated carbocycles. The van der Waals surface area contributed by atoms with E-state index in [9.17, 15) is 4.39 Å². The van der Waals surface area contributed by atoms with Gasteiger partial charge in [-0.3, -0.25) is 0 Å². The summed E-state index contributed by atoms with van der Waals surface area (Å²) in [4.78, 5) is 0. The average Bonchev–Trinajstić information content (AvgIpc) is 3.01. The van der Waals surface area contributed by atoms with Crippen LogP contribution in [0.2, 0.25) is 5.02 Å². The quantitative estimate of drug-likeness (QED) is 0.541. The second-order valence-electron chi connectivity index (χ2n) is 5.58. The fourth-order valence-corrected chi connectivity index (χ4v) is 3.67. The Labute approximate surface area is 158 Å². The summed E-state index contributed by atoms with van der Waals surface area (Å²) >= 11 is 7.65. The van der Waals surface area contributed by atoms with Gasteiger partial charge < -0.3 is 15.3 Å². The fourth-order valence-electron chi connectivity index (χ4n) is 2.60. The normalized spacial score (nSPS) is 13.0. The van der Waals surface area contributed by atoms with Gasteiger partial charge in [-0.05, 0) is 29.8 Å². The largest absolute Gasteiger partial charge is 0.486 e. The van der Waals surface area contributed by atoms with Crippen LogP contribution in [-0.2, 0) is 5.75 Å². The number of nitrogen functional groups attached to an aromatic ring is 1. The fraction of sp³-hybridized carbons (Fsp3) is 0.176. The van der Waals surface area contributed by atoms with E-state index >= 15 is 0 Å². The number of aromatic nitrogens is 3. The Bertz CT molecular complexity index is 966. The monoisotopic (exact) mass is 392 g/mol. The molecule has 134 valence electrons. The summed E-state index contributed by atoms with van der Waals surface area (Å²) in [5, 5.41) is 9.16. The smallest absolute Gasteiger partial charge is 0.210 e. The van der Waals surface area contributed by atoms with Gasteiger partial charge in [-0.25, -0.2) is 9.07 Å². The van der Waals surface area contributed by atoms with Crippen LogP contribution >= 0.6 is 23.4 Å². The second-order valence-corrected chi connectivity index (χ2v) is 6.93. The molecule has 0 fully saturated rings. The lowest BCUT2D eigenvalue weighted by Crippen LogP contribution is -2.15. The zero-order chi connectivity index (χ0) is 18.1. The van der Waals surface area contributed by atoms with Gasteiger partial charge in [0, 0.05) is 11.3 Å². The maximum absolute atomic E-state index is 13.4. The van der Waals surface area contributed by atoms with E-state index in [0.29, 0.717) is 52.0 Å². The van der Waals surface area contributed by atoms with Crippen LogP contribution in [0.3, 0.4) is 0 Å². The highest BCUT2D eigenvalue weighted by molar-refractivity contribution is 7.98. The van der Waals surface area contributed by atoms with E-state index in [4.69, 9.17) is 26.9 Å². The third kappa shape index (κ3) is 3.30. The molecule has 9 heteroatoms. The van der Waals surface area contributed by atoms with Gasteiger partial charge >= 0.3 is 0 Å². The Kier molecular flexibility index (Phi) is 4.60. The summed E-state index contributed by atoms with van der Waals surface area (Å²) in [7, 11) is 0. The molecular formula is C17H14ClFN4O2S. The average molecular weight is 393 g/mol. The molecule has 3 aromatic rings. The summed E-state index contributed by atoms with van der Waals surface area (Å²) < 4.78 is 25.8. The Morgan fingerprint density at radius 3 is 2.88 bits per heavy atom. The minimum atomic E-state index is -0.356. The molecule has 1 aliphatic rings. The number of ether oxygens (including phenoxy) is 2. The highest BCUT2D eigenvalue weighted by atomic mass is 35.5. The van der Waals surface area contributed by atoms with Crippen molar-refractivity contribution in [3.63, 3.8) is 0 Å². The van der Waals surface area contributed by atoms with Crippen LogP contribution in [0.25, 0.3) is 11.4 Å². The van der Waals surface area contributed by atoms with Gasteiger partial charge in [-0.15, -0.1) is 10.2 Å². The van der Waals surface area contributed by atoms with Crippen molar-refractivity contribution in [2.45, 2.75) is 10.9 Å². The van der Waals surface area contributed by atoms with Crippen molar-refractivity contribution in [2.24, 2.45) is 0 Å². The number of hydrogen-bond acceptors (Lipinski definition) is 6. The van der Waals surface area contributed by atoms with Crippen molar-refractivity contribution in [1.29, 1.82) is 0 Å². The van der Waals surface area contributed by atoms with Crippen molar-refractivity contribution in [2.75, 3.05) is 19.1 Å². The van der Waals surface area contributed by atoms with Crippen LogP contribution in [0.4, 0.5) is 4.39 Å². The number of nitrogens with zero attached hydrogens (tertiary/aromatic N) is 3. The van der Waals surface area contributed by atoms with Crippen molar-refractivity contribution < 1.29 is 13.9 Å². The lowest BCUT2D eigenvalue weighted by Gasteiger charge is -2.20. The Balaban J connectivity index is 1.53. The van der Waals surface area contributed by atoms with Gasteiger partial charge in [0.05, 0.1) is 5.02 Å². The third-order valence-electron chi connectivity index (χ3n) is 3.77. The molecule has 2 heterocycles. The molecule has 1 aliphatic heterocycles. The number of halogens is 2. The van der Waals surface area contributed by atoms with Crippen LogP contribution in [-0.4, -0.2) is 28.1 Å². The third-order valence-corrected chi connectivity index (χ3v) is 5.07. The zero-order valence-corrected chi connectivity index (χ0v) is 15.1. The summed E-state index contributed by atoms with van der Waals surface area (Å²) in [6.07, 6.45) is 0. The maximum atomic E-state index is 13.4. The first-order chi connectivity index (χ1) is 12.6. The predicted molar refractivity (Wildman–Crippen MR) is 97.6 cm³/mol. The molecule has 1 aromatic heterocycles. The number of benzene rings is 2. The molecule has 0 saturated heterocycles. The van der Waals surface area contributed by atoms with E-state index in [0.717, 1.165) is 5.56 Å². The number of fused-ring (bicyclic) bond motifs is 1. The van der Waals surface area contributed by atoms with Crippen LogP contribution in [0.5, 0.6) is 11.5 Å². The molecule has 0 atom stereocenters. The maximum Gasteiger partial charge on any atom is 0.210 e. The van der Waals surface area contributed by atoms with Gasteiger partial charge in [0.1, 0.15) is 19.0 Å². The van der Waals surface area contributed by atoms with Gasteiger partial charge in [0.25, 0.3) is 0 Å². The first-order valence-corrected chi connectivity index (χ1v) is 9.15. The van der Waals surface area contributed by atoms with Crippen molar-refractivity contribution in [3.8, 4) is 22.9 Å². The highest BCUT2D eigenvalue weighted by Crippen LogP contribution is 2.39.